The molecule has 0 bridgehead atoms. The predicted octanol–water partition coefficient (Wildman–Crippen LogP) is 1.58. The maximum Gasteiger partial charge on any atom is 0.251 e. The minimum absolute atomic E-state index is 0. The van der Waals surface area contributed by atoms with E-state index in [0.29, 0.717) is 30.9 Å². The zero-order valence-corrected chi connectivity index (χ0v) is 15.0. The number of anilines is 1. The maximum absolute atomic E-state index is 14.2. The standard InChI is InChI=1S/C16H22FN3O2.2ClH/c17-13-7-11(3-4-14(13)20-5-1-2-6-20)16(22)19-9-12-8-18-10-15(12)21;;/h3-4,7,12,15,18,21H,1-2,5-6,8-10H2,(H,19,22);2*1H. The van der Waals surface area contributed by atoms with Gasteiger partial charge in [0.2, 0.25) is 0 Å². The van der Waals surface area contributed by atoms with Crippen molar-refractivity contribution in [2.45, 2.75) is 18.9 Å². The van der Waals surface area contributed by atoms with Gasteiger partial charge >= 0.3 is 0 Å². The van der Waals surface area contributed by atoms with Crippen molar-refractivity contribution in [2.24, 2.45) is 5.92 Å². The number of amides is 1. The van der Waals surface area contributed by atoms with E-state index in [-0.39, 0.29) is 42.5 Å². The van der Waals surface area contributed by atoms with Gasteiger partial charge in [-0.3, -0.25) is 4.79 Å². The first-order valence-electron chi connectivity index (χ1n) is 7.86. The molecule has 2 fully saturated rings. The number of rotatable bonds is 4. The average Bonchev–Trinajstić information content (AvgIpc) is 3.16. The number of carbonyl (C=O) groups excluding carboxylic acids is 1. The van der Waals surface area contributed by atoms with E-state index in [4.69, 9.17) is 0 Å². The molecule has 3 rings (SSSR count). The van der Waals surface area contributed by atoms with E-state index >= 15 is 0 Å². The Morgan fingerprint density at radius 2 is 2.00 bits per heavy atom. The van der Waals surface area contributed by atoms with E-state index in [9.17, 15) is 14.3 Å². The van der Waals surface area contributed by atoms with Crippen LogP contribution in [0.15, 0.2) is 18.2 Å². The van der Waals surface area contributed by atoms with Crippen LogP contribution in [0.1, 0.15) is 23.2 Å². The number of benzene rings is 1. The Balaban J connectivity index is 0.00000144. The van der Waals surface area contributed by atoms with Crippen LogP contribution in [-0.2, 0) is 0 Å². The molecule has 8 heteroatoms. The normalized spacial score (nSPS) is 22.7. The molecule has 2 atom stereocenters. The Labute approximate surface area is 153 Å². The second-order valence-electron chi connectivity index (χ2n) is 6.06. The Morgan fingerprint density at radius 1 is 1.29 bits per heavy atom. The third-order valence-electron chi connectivity index (χ3n) is 4.49. The highest BCUT2D eigenvalue weighted by Crippen LogP contribution is 2.24. The van der Waals surface area contributed by atoms with E-state index in [1.807, 2.05) is 4.90 Å². The van der Waals surface area contributed by atoms with Gasteiger partial charge in [0.15, 0.2) is 0 Å². The predicted molar refractivity (Wildman–Crippen MR) is 97.0 cm³/mol. The van der Waals surface area contributed by atoms with Crippen molar-refractivity contribution in [3.63, 3.8) is 0 Å². The quantitative estimate of drug-likeness (QED) is 0.742. The van der Waals surface area contributed by atoms with Crippen LogP contribution in [0, 0.1) is 11.7 Å². The number of aliphatic hydroxyl groups excluding tert-OH is 1. The van der Waals surface area contributed by atoms with E-state index < -0.39 is 6.10 Å². The second kappa shape index (κ2) is 9.42. The lowest BCUT2D eigenvalue weighted by Crippen LogP contribution is -2.34. The van der Waals surface area contributed by atoms with E-state index in [1.54, 1.807) is 12.1 Å². The van der Waals surface area contributed by atoms with Gasteiger partial charge in [-0.25, -0.2) is 4.39 Å². The minimum atomic E-state index is -0.436. The lowest BCUT2D eigenvalue weighted by atomic mass is 10.1. The highest BCUT2D eigenvalue weighted by atomic mass is 35.5. The van der Waals surface area contributed by atoms with Crippen LogP contribution >= 0.6 is 24.8 Å². The summed E-state index contributed by atoms with van der Waals surface area (Å²) in [6.45, 7) is 3.37. The summed E-state index contributed by atoms with van der Waals surface area (Å²) in [6.07, 6.45) is 1.73. The highest BCUT2D eigenvalue weighted by Gasteiger charge is 2.25. The fraction of sp³-hybridized carbons (Fsp3) is 0.562. The van der Waals surface area contributed by atoms with Gasteiger partial charge in [0.05, 0.1) is 11.8 Å². The molecule has 1 aromatic carbocycles. The number of nitrogens with one attached hydrogen (secondary N) is 2. The van der Waals surface area contributed by atoms with E-state index in [0.717, 1.165) is 25.9 Å². The van der Waals surface area contributed by atoms with Gasteiger partial charge < -0.3 is 20.6 Å². The van der Waals surface area contributed by atoms with Gasteiger partial charge in [-0.1, -0.05) is 0 Å². The molecule has 0 saturated carbocycles. The first kappa shape index (κ1) is 21.0. The fourth-order valence-corrected chi connectivity index (χ4v) is 3.12. The molecule has 0 spiro atoms. The third-order valence-corrected chi connectivity index (χ3v) is 4.49. The summed E-state index contributed by atoms with van der Waals surface area (Å²) >= 11 is 0. The van der Waals surface area contributed by atoms with Gasteiger partial charge in [-0.15, -0.1) is 24.8 Å². The topological polar surface area (TPSA) is 64.6 Å². The molecular weight excluding hydrogens is 356 g/mol. The molecular formula is C16H24Cl2FN3O2. The van der Waals surface area contributed by atoms with Crippen molar-refractivity contribution < 1.29 is 14.3 Å². The molecule has 0 aromatic heterocycles. The first-order chi connectivity index (χ1) is 10.6. The van der Waals surface area contributed by atoms with Crippen LogP contribution in [0.3, 0.4) is 0 Å². The minimum Gasteiger partial charge on any atom is -0.391 e. The highest BCUT2D eigenvalue weighted by molar-refractivity contribution is 5.94. The van der Waals surface area contributed by atoms with Crippen molar-refractivity contribution in [2.75, 3.05) is 37.6 Å². The third kappa shape index (κ3) is 4.72. The summed E-state index contributed by atoms with van der Waals surface area (Å²) in [5.74, 6) is -0.638. The number of carbonyl (C=O) groups is 1. The largest absolute Gasteiger partial charge is 0.391 e. The number of halogens is 3. The van der Waals surface area contributed by atoms with Gasteiger partial charge in [0.25, 0.3) is 5.91 Å². The van der Waals surface area contributed by atoms with Crippen LogP contribution in [0.5, 0.6) is 0 Å². The van der Waals surface area contributed by atoms with Crippen LogP contribution in [0.2, 0.25) is 0 Å². The Morgan fingerprint density at radius 3 is 2.58 bits per heavy atom. The molecule has 1 aromatic rings. The zero-order valence-electron chi connectivity index (χ0n) is 13.3. The molecule has 2 aliphatic rings. The second-order valence-corrected chi connectivity index (χ2v) is 6.06. The van der Waals surface area contributed by atoms with Gasteiger partial charge in [-0.05, 0) is 31.0 Å². The average molecular weight is 380 g/mol. The lowest BCUT2D eigenvalue weighted by molar-refractivity contribution is 0.0926. The smallest absolute Gasteiger partial charge is 0.251 e. The van der Waals surface area contributed by atoms with Gasteiger partial charge in [-0.2, -0.15) is 0 Å². The summed E-state index contributed by atoms with van der Waals surface area (Å²) < 4.78 is 14.2. The van der Waals surface area contributed by atoms with Crippen LogP contribution < -0.4 is 15.5 Å². The molecule has 2 unspecified atom stereocenters. The number of nitrogens with zero attached hydrogens (tertiary/aromatic N) is 1. The first-order valence-corrected chi connectivity index (χ1v) is 7.86. The molecule has 2 saturated heterocycles. The number of hydrogen-bond acceptors (Lipinski definition) is 4. The molecule has 1 amide bonds. The number of hydrogen-bond donors (Lipinski definition) is 3. The van der Waals surface area contributed by atoms with Crippen molar-refractivity contribution in [3.8, 4) is 0 Å². The van der Waals surface area contributed by atoms with Crippen LogP contribution in [0.4, 0.5) is 10.1 Å². The molecule has 3 N–H and O–H groups in total. The van der Waals surface area contributed by atoms with Crippen molar-refractivity contribution in [3.05, 3.63) is 29.6 Å². The monoisotopic (exact) mass is 379 g/mol. The summed E-state index contributed by atoms with van der Waals surface area (Å²) in [6, 6.07) is 4.64. The van der Waals surface area contributed by atoms with Crippen LogP contribution in [0.25, 0.3) is 0 Å². The molecule has 2 aliphatic heterocycles. The number of β-amino-alcohol motifs (C(OH)–C–C–N with tert-alkyl or cyclic N) is 1. The SMILES string of the molecule is Cl.Cl.O=C(NCC1CNCC1O)c1ccc(N2CCCC2)c(F)c1. The molecule has 24 heavy (non-hydrogen) atoms. The Bertz CT molecular complexity index is 556. The zero-order chi connectivity index (χ0) is 15.5. The van der Waals surface area contributed by atoms with E-state index in [2.05, 4.69) is 10.6 Å². The maximum atomic E-state index is 14.2. The number of aliphatic hydroxyl groups is 1. The fourth-order valence-electron chi connectivity index (χ4n) is 3.12. The summed E-state index contributed by atoms with van der Waals surface area (Å²) in [4.78, 5) is 14.1. The van der Waals surface area contributed by atoms with Crippen LogP contribution in [-0.4, -0.2) is 49.8 Å². The van der Waals surface area contributed by atoms with E-state index in [1.165, 1.54) is 6.07 Å². The van der Waals surface area contributed by atoms with Gasteiger partial charge in [0.1, 0.15) is 5.82 Å². The van der Waals surface area contributed by atoms with Crippen molar-refractivity contribution >= 4 is 36.4 Å². The van der Waals surface area contributed by atoms with Gasteiger partial charge in [0, 0.05) is 44.2 Å². The summed E-state index contributed by atoms with van der Waals surface area (Å²) in [7, 11) is 0. The Hall–Kier alpha value is -1.08. The summed E-state index contributed by atoms with van der Waals surface area (Å²) in [5.41, 5.74) is 0.894. The molecule has 2 heterocycles. The molecule has 0 aliphatic carbocycles. The van der Waals surface area contributed by atoms with Crippen molar-refractivity contribution in [1.82, 2.24) is 10.6 Å². The molecule has 0 radical (unpaired) electrons. The Kier molecular flexibility index (Phi) is 8.22. The summed E-state index contributed by atoms with van der Waals surface area (Å²) in [5, 5.41) is 15.5. The molecule has 136 valence electrons. The van der Waals surface area contributed by atoms with Crippen molar-refractivity contribution in [1.29, 1.82) is 0 Å². The lowest BCUT2D eigenvalue weighted by Gasteiger charge is -2.19. The molecule has 5 nitrogen and oxygen atoms in total.